The molecule has 5 aromatic rings. The first-order valence-corrected chi connectivity index (χ1v) is 10.7. The molecule has 0 amide bonds. The van der Waals surface area contributed by atoms with Crippen LogP contribution in [-0.4, -0.2) is 34.0 Å². The van der Waals surface area contributed by atoms with Gasteiger partial charge in [-0.25, -0.2) is 9.97 Å². The Bertz CT molecular complexity index is 1470. The number of halogens is 3. The van der Waals surface area contributed by atoms with Crippen LogP contribution in [0.2, 0.25) is 0 Å². The van der Waals surface area contributed by atoms with Crippen molar-refractivity contribution in [3.8, 4) is 27.9 Å². The first kappa shape index (κ1) is 21.2. The summed E-state index contributed by atoms with van der Waals surface area (Å²) in [5.74, 6) is 0.857. The van der Waals surface area contributed by atoms with E-state index in [9.17, 15) is 13.2 Å². The van der Waals surface area contributed by atoms with Crippen LogP contribution in [0.3, 0.4) is 0 Å². The van der Waals surface area contributed by atoms with Gasteiger partial charge in [-0.05, 0) is 43.3 Å². The molecule has 168 valence electrons. The van der Waals surface area contributed by atoms with E-state index >= 15 is 0 Å². The fourth-order valence-electron chi connectivity index (χ4n) is 3.74. The van der Waals surface area contributed by atoms with Gasteiger partial charge in [0.05, 0.1) is 46.8 Å². The Morgan fingerprint density at radius 1 is 0.939 bits per heavy atom. The van der Waals surface area contributed by atoms with E-state index < -0.39 is 11.7 Å². The largest absolute Gasteiger partial charge is 0.493 e. The van der Waals surface area contributed by atoms with Gasteiger partial charge in [-0.15, -0.1) is 0 Å². The predicted octanol–water partition coefficient (Wildman–Crippen LogP) is 6.04. The molecule has 0 aliphatic heterocycles. The van der Waals surface area contributed by atoms with Gasteiger partial charge in [-0.1, -0.05) is 23.5 Å². The minimum absolute atomic E-state index is 0.0500. The molecule has 0 bridgehead atoms. The molecule has 0 spiro atoms. The Labute approximate surface area is 190 Å². The average molecular weight is 470 g/mol. The maximum Gasteiger partial charge on any atom is 0.417 e. The molecule has 0 N–H and O–H groups in total. The number of para-hydroxylation sites is 1. The summed E-state index contributed by atoms with van der Waals surface area (Å²) < 4.78 is 55.2. The highest BCUT2D eigenvalue weighted by atomic mass is 32.1. The van der Waals surface area contributed by atoms with Crippen LogP contribution in [0.4, 0.5) is 13.2 Å². The summed E-state index contributed by atoms with van der Waals surface area (Å²) in [5, 5.41) is 4.78. The standard InChI is InChI=1S/C23H17F3N4O2S/c1-12-20-14(23(24,25)26)11-16(13-8-9-17(31-2)18(10-13)32-3)27-21(20)30(29-12)22-28-15-6-4-5-7-19(15)33-22/h4-11H,1-3H3. The van der Waals surface area contributed by atoms with Gasteiger partial charge in [0.1, 0.15) is 0 Å². The third kappa shape index (κ3) is 3.56. The number of aryl methyl sites for hydroxylation is 1. The molecule has 0 aliphatic carbocycles. The summed E-state index contributed by atoms with van der Waals surface area (Å²) in [6.45, 7) is 1.54. The summed E-state index contributed by atoms with van der Waals surface area (Å²) in [7, 11) is 2.95. The molecule has 6 nitrogen and oxygen atoms in total. The van der Waals surface area contributed by atoms with E-state index in [2.05, 4.69) is 15.1 Å². The molecule has 0 radical (unpaired) electrons. The van der Waals surface area contributed by atoms with Crippen molar-refractivity contribution in [2.75, 3.05) is 14.2 Å². The zero-order chi connectivity index (χ0) is 23.3. The number of nitrogens with zero attached hydrogens (tertiary/aromatic N) is 4. The molecule has 0 unspecified atom stereocenters. The van der Waals surface area contributed by atoms with Crippen molar-refractivity contribution in [1.29, 1.82) is 0 Å². The van der Waals surface area contributed by atoms with E-state index in [0.29, 0.717) is 22.2 Å². The summed E-state index contributed by atoms with van der Waals surface area (Å²) in [4.78, 5) is 9.14. The lowest BCUT2D eigenvalue weighted by atomic mass is 10.0. The molecule has 0 aliphatic rings. The minimum atomic E-state index is -4.60. The Morgan fingerprint density at radius 2 is 1.70 bits per heavy atom. The first-order valence-electron chi connectivity index (χ1n) is 9.86. The number of thiazole rings is 1. The number of ether oxygens (including phenoxy) is 2. The number of hydrogen-bond donors (Lipinski definition) is 0. The van der Waals surface area contributed by atoms with E-state index in [-0.39, 0.29) is 22.4 Å². The topological polar surface area (TPSA) is 62.1 Å². The average Bonchev–Trinajstić information content (AvgIpc) is 3.38. The van der Waals surface area contributed by atoms with Crippen molar-refractivity contribution >= 4 is 32.6 Å². The van der Waals surface area contributed by atoms with Crippen LogP contribution in [0, 0.1) is 6.92 Å². The predicted molar refractivity (Wildman–Crippen MR) is 120 cm³/mol. The number of fused-ring (bicyclic) bond motifs is 2. The Balaban J connectivity index is 1.79. The lowest BCUT2D eigenvalue weighted by Crippen LogP contribution is -2.08. The number of rotatable bonds is 4. The van der Waals surface area contributed by atoms with Crippen LogP contribution in [-0.2, 0) is 6.18 Å². The molecule has 5 rings (SSSR count). The maximum absolute atomic E-state index is 14.1. The molecule has 0 fully saturated rings. The van der Waals surface area contributed by atoms with E-state index in [0.717, 1.165) is 16.3 Å². The second-order valence-electron chi connectivity index (χ2n) is 7.28. The molecular formula is C23H17F3N4O2S. The summed E-state index contributed by atoms with van der Waals surface area (Å²) in [5.41, 5.74) is 0.843. The van der Waals surface area contributed by atoms with E-state index in [1.165, 1.54) is 30.2 Å². The highest BCUT2D eigenvalue weighted by Gasteiger charge is 2.36. The van der Waals surface area contributed by atoms with Crippen molar-refractivity contribution in [2.45, 2.75) is 13.1 Å². The van der Waals surface area contributed by atoms with Gasteiger partial charge in [-0.2, -0.15) is 23.0 Å². The Kier molecular flexibility index (Phi) is 4.97. The molecule has 10 heteroatoms. The lowest BCUT2D eigenvalue weighted by Gasteiger charge is -2.13. The van der Waals surface area contributed by atoms with Crippen LogP contribution in [0.15, 0.2) is 48.5 Å². The van der Waals surface area contributed by atoms with Gasteiger partial charge in [0.2, 0.25) is 5.13 Å². The number of aromatic nitrogens is 4. The smallest absolute Gasteiger partial charge is 0.417 e. The summed E-state index contributed by atoms with van der Waals surface area (Å²) in [6, 6.07) is 13.4. The number of benzene rings is 2. The zero-order valence-corrected chi connectivity index (χ0v) is 18.6. The van der Waals surface area contributed by atoms with E-state index in [4.69, 9.17) is 9.47 Å². The molecular weight excluding hydrogens is 453 g/mol. The van der Waals surface area contributed by atoms with Crippen molar-refractivity contribution < 1.29 is 22.6 Å². The third-order valence-electron chi connectivity index (χ3n) is 5.26. The van der Waals surface area contributed by atoms with E-state index in [1.54, 1.807) is 25.1 Å². The monoisotopic (exact) mass is 470 g/mol. The zero-order valence-electron chi connectivity index (χ0n) is 17.8. The van der Waals surface area contributed by atoms with Crippen LogP contribution < -0.4 is 9.47 Å². The van der Waals surface area contributed by atoms with Crippen LogP contribution in [0.25, 0.3) is 37.6 Å². The SMILES string of the molecule is COc1ccc(-c2cc(C(F)(F)F)c3c(C)nn(-c4nc5ccccc5s4)c3n2)cc1OC. The van der Waals surface area contributed by atoms with Crippen LogP contribution >= 0.6 is 11.3 Å². The molecule has 0 saturated heterocycles. The number of alkyl halides is 3. The number of pyridine rings is 1. The molecule has 33 heavy (non-hydrogen) atoms. The highest BCUT2D eigenvalue weighted by Crippen LogP contribution is 2.40. The molecule has 0 atom stereocenters. The quantitative estimate of drug-likeness (QED) is 0.320. The molecule has 2 aromatic carbocycles. The van der Waals surface area contributed by atoms with Crippen LogP contribution in [0.1, 0.15) is 11.3 Å². The highest BCUT2D eigenvalue weighted by molar-refractivity contribution is 7.20. The molecule has 3 heterocycles. The van der Waals surface area contributed by atoms with Gasteiger partial charge < -0.3 is 9.47 Å². The lowest BCUT2D eigenvalue weighted by molar-refractivity contribution is -0.136. The van der Waals surface area contributed by atoms with Gasteiger partial charge in [-0.3, -0.25) is 0 Å². The van der Waals surface area contributed by atoms with Gasteiger partial charge in [0.25, 0.3) is 0 Å². The maximum atomic E-state index is 14.1. The van der Waals surface area contributed by atoms with Crippen molar-refractivity contribution in [3.63, 3.8) is 0 Å². The second kappa shape index (κ2) is 7.73. The Hall–Kier alpha value is -3.66. The summed E-state index contributed by atoms with van der Waals surface area (Å²) in [6.07, 6.45) is -4.60. The Morgan fingerprint density at radius 3 is 2.39 bits per heavy atom. The fourth-order valence-corrected chi connectivity index (χ4v) is 4.66. The molecule has 0 saturated carbocycles. The van der Waals surface area contributed by atoms with E-state index in [1.807, 2.05) is 24.3 Å². The van der Waals surface area contributed by atoms with Gasteiger partial charge in [0.15, 0.2) is 17.1 Å². The van der Waals surface area contributed by atoms with Crippen LogP contribution in [0.5, 0.6) is 11.5 Å². The summed E-state index contributed by atoms with van der Waals surface area (Å²) >= 11 is 1.34. The van der Waals surface area contributed by atoms with Gasteiger partial charge in [0, 0.05) is 5.56 Å². The van der Waals surface area contributed by atoms with Crippen molar-refractivity contribution in [1.82, 2.24) is 19.7 Å². The fraction of sp³-hybridized carbons (Fsp3) is 0.174. The van der Waals surface area contributed by atoms with Crippen molar-refractivity contribution in [3.05, 3.63) is 59.8 Å². The number of hydrogen-bond acceptors (Lipinski definition) is 6. The molecule has 3 aromatic heterocycles. The van der Waals surface area contributed by atoms with Crippen molar-refractivity contribution in [2.24, 2.45) is 0 Å². The van der Waals surface area contributed by atoms with Gasteiger partial charge >= 0.3 is 6.18 Å². The minimum Gasteiger partial charge on any atom is -0.493 e. The second-order valence-corrected chi connectivity index (χ2v) is 8.29. The first-order chi connectivity index (χ1) is 15.8. The third-order valence-corrected chi connectivity index (χ3v) is 6.27. The normalized spacial score (nSPS) is 11.9. The number of methoxy groups -OCH3 is 2.